The number of carbonyl (C=O) groups is 1. The number of nitrogens with zero attached hydrogens (tertiary/aromatic N) is 2. The molecule has 2 heterocycles. The molecule has 0 fully saturated rings. The Morgan fingerprint density at radius 3 is 2.43 bits per heavy atom. The van der Waals surface area contributed by atoms with Crippen LogP contribution in [0.15, 0.2) is 82.2 Å². The van der Waals surface area contributed by atoms with Crippen molar-refractivity contribution in [2.24, 2.45) is 4.99 Å². The van der Waals surface area contributed by atoms with E-state index in [9.17, 15) is 14.0 Å². The van der Waals surface area contributed by atoms with Gasteiger partial charge in [0.15, 0.2) is 27.8 Å². The number of benzene rings is 3. The van der Waals surface area contributed by atoms with E-state index in [4.69, 9.17) is 23.7 Å². The van der Waals surface area contributed by atoms with Crippen LogP contribution in [0.1, 0.15) is 36.6 Å². The third-order valence-electron chi connectivity index (χ3n) is 6.78. The molecule has 1 aliphatic heterocycles. The topological polar surface area (TPSA) is 97.6 Å². The van der Waals surface area contributed by atoms with Crippen molar-refractivity contribution in [1.82, 2.24) is 4.57 Å². The standard InChI is InChI=1S/C33H31FN2O7S/c1-5-41-26-13-11-22(17-28(26)42-6-2)30-24(32(38)40-4)18-35-33-36(30)31(37)29(44-33)16-20-10-12-25(27(15-20)39-3)43-19-21-8-7-9-23(34)14-21/h7-18,30H,5-6,19H2,1-4H3/b29-16-/t30-/m0/s1. The van der Waals surface area contributed by atoms with Gasteiger partial charge in [0.1, 0.15) is 12.4 Å². The first kappa shape index (κ1) is 30.6. The van der Waals surface area contributed by atoms with Crippen LogP contribution in [-0.4, -0.2) is 38.0 Å². The van der Waals surface area contributed by atoms with Crippen LogP contribution in [0.2, 0.25) is 0 Å². The predicted octanol–water partition coefficient (Wildman–Crippen LogP) is 4.54. The molecule has 1 aromatic heterocycles. The average molecular weight is 619 g/mol. The summed E-state index contributed by atoms with van der Waals surface area (Å²) in [4.78, 5) is 31.6. The number of hydrogen-bond donors (Lipinski definition) is 0. The zero-order valence-electron chi connectivity index (χ0n) is 24.7. The number of rotatable bonds is 11. The van der Waals surface area contributed by atoms with E-state index in [1.165, 1.54) is 48.5 Å². The predicted molar refractivity (Wildman–Crippen MR) is 164 cm³/mol. The molecule has 0 N–H and O–H groups in total. The number of ether oxygens (including phenoxy) is 5. The molecule has 11 heteroatoms. The van der Waals surface area contributed by atoms with E-state index in [0.717, 1.165) is 0 Å². The molecule has 0 saturated carbocycles. The first-order valence-corrected chi connectivity index (χ1v) is 14.7. The molecule has 0 bridgehead atoms. The van der Waals surface area contributed by atoms with E-state index in [1.807, 2.05) is 13.8 Å². The van der Waals surface area contributed by atoms with Crippen LogP contribution in [0, 0.1) is 5.82 Å². The molecule has 0 amide bonds. The Balaban J connectivity index is 1.53. The highest BCUT2D eigenvalue weighted by molar-refractivity contribution is 7.07. The second-order valence-corrected chi connectivity index (χ2v) is 10.6. The molecule has 4 aromatic rings. The van der Waals surface area contributed by atoms with Crippen LogP contribution in [0.4, 0.5) is 4.39 Å². The lowest BCUT2D eigenvalue weighted by Crippen LogP contribution is -2.39. The van der Waals surface area contributed by atoms with Gasteiger partial charge in [-0.15, -0.1) is 0 Å². The molecule has 228 valence electrons. The molecule has 0 aliphatic carbocycles. The van der Waals surface area contributed by atoms with Gasteiger partial charge in [-0.1, -0.05) is 35.6 Å². The van der Waals surface area contributed by atoms with Crippen LogP contribution < -0.4 is 33.8 Å². The molecule has 5 rings (SSSR count). The van der Waals surface area contributed by atoms with Gasteiger partial charge in [-0.25, -0.2) is 14.2 Å². The fourth-order valence-electron chi connectivity index (χ4n) is 4.82. The van der Waals surface area contributed by atoms with Crippen molar-refractivity contribution in [3.63, 3.8) is 0 Å². The Hall–Kier alpha value is -4.90. The second kappa shape index (κ2) is 13.6. The molecular formula is C33H31FN2O7S. The van der Waals surface area contributed by atoms with Crippen LogP contribution in [0.5, 0.6) is 23.0 Å². The van der Waals surface area contributed by atoms with Gasteiger partial charge in [-0.05, 0) is 73.0 Å². The highest BCUT2D eigenvalue weighted by atomic mass is 32.1. The summed E-state index contributed by atoms with van der Waals surface area (Å²) in [5, 5.41) is 0. The molecule has 0 radical (unpaired) electrons. The maximum atomic E-state index is 13.9. The van der Waals surface area contributed by atoms with Crippen LogP contribution in [0.25, 0.3) is 6.08 Å². The smallest absolute Gasteiger partial charge is 0.337 e. The summed E-state index contributed by atoms with van der Waals surface area (Å²) in [7, 11) is 2.80. The second-order valence-electron chi connectivity index (χ2n) is 9.58. The van der Waals surface area contributed by atoms with Gasteiger partial charge in [0, 0.05) is 6.20 Å². The third-order valence-corrected chi connectivity index (χ3v) is 7.77. The van der Waals surface area contributed by atoms with E-state index in [1.54, 1.807) is 54.6 Å². The molecule has 0 spiro atoms. The Bertz CT molecular complexity index is 1900. The van der Waals surface area contributed by atoms with Gasteiger partial charge in [0.05, 0.1) is 43.6 Å². The normalized spacial score (nSPS) is 14.2. The first-order chi connectivity index (χ1) is 21.4. The third kappa shape index (κ3) is 6.37. The molecule has 1 atom stereocenters. The summed E-state index contributed by atoms with van der Waals surface area (Å²) in [6, 6.07) is 16.0. The molecular weight excluding hydrogens is 587 g/mol. The van der Waals surface area contributed by atoms with E-state index in [-0.39, 0.29) is 23.6 Å². The highest BCUT2D eigenvalue weighted by Gasteiger charge is 2.31. The SMILES string of the molecule is CCOc1ccc([C@H]2C(C(=O)OC)=CN=c3s/c(=C\c4ccc(OCc5cccc(F)c5)c(OC)c4)c(=O)n32)cc1OCC. The maximum Gasteiger partial charge on any atom is 0.337 e. The summed E-state index contributed by atoms with van der Waals surface area (Å²) in [6.45, 7) is 4.76. The monoisotopic (exact) mass is 618 g/mol. The van der Waals surface area contributed by atoms with Crippen molar-refractivity contribution in [2.75, 3.05) is 27.4 Å². The number of thiazole rings is 1. The Morgan fingerprint density at radius 2 is 1.70 bits per heavy atom. The van der Waals surface area contributed by atoms with Gasteiger partial charge in [-0.3, -0.25) is 9.36 Å². The van der Waals surface area contributed by atoms with Gasteiger partial charge in [-0.2, -0.15) is 0 Å². The minimum atomic E-state index is -0.802. The molecule has 9 nitrogen and oxygen atoms in total. The van der Waals surface area contributed by atoms with Crippen LogP contribution >= 0.6 is 11.3 Å². The minimum absolute atomic E-state index is 0.158. The number of fused-ring (bicyclic) bond motifs is 1. The summed E-state index contributed by atoms with van der Waals surface area (Å²) in [5.74, 6) is 1.05. The van der Waals surface area contributed by atoms with E-state index < -0.39 is 12.0 Å². The van der Waals surface area contributed by atoms with Crippen molar-refractivity contribution in [1.29, 1.82) is 0 Å². The average Bonchev–Trinajstić information content (AvgIpc) is 3.35. The lowest BCUT2D eigenvalue weighted by atomic mass is 9.97. The van der Waals surface area contributed by atoms with Crippen molar-refractivity contribution >= 4 is 23.4 Å². The number of esters is 1. The number of methoxy groups -OCH3 is 2. The van der Waals surface area contributed by atoms with Crippen molar-refractivity contribution in [3.05, 3.63) is 115 Å². The van der Waals surface area contributed by atoms with E-state index in [0.29, 0.717) is 62.2 Å². The Morgan fingerprint density at radius 1 is 0.955 bits per heavy atom. The highest BCUT2D eigenvalue weighted by Crippen LogP contribution is 2.35. The van der Waals surface area contributed by atoms with E-state index in [2.05, 4.69) is 4.99 Å². The lowest BCUT2D eigenvalue weighted by molar-refractivity contribution is -0.136. The Labute approximate surface area is 257 Å². The molecule has 44 heavy (non-hydrogen) atoms. The van der Waals surface area contributed by atoms with Gasteiger partial charge < -0.3 is 23.7 Å². The number of halogens is 1. The zero-order chi connectivity index (χ0) is 31.2. The van der Waals surface area contributed by atoms with Gasteiger partial charge >= 0.3 is 5.97 Å². The Kier molecular flexibility index (Phi) is 9.44. The van der Waals surface area contributed by atoms with Crippen LogP contribution in [-0.2, 0) is 16.1 Å². The number of hydrogen-bond acceptors (Lipinski definition) is 9. The fraction of sp³-hybridized carbons (Fsp3) is 0.242. The van der Waals surface area contributed by atoms with Crippen molar-refractivity contribution < 1.29 is 32.9 Å². The van der Waals surface area contributed by atoms with Gasteiger partial charge in [0.25, 0.3) is 5.56 Å². The summed E-state index contributed by atoms with van der Waals surface area (Å²) in [6.07, 6.45) is 3.17. The van der Waals surface area contributed by atoms with Crippen molar-refractivity contribution in [3.8, 4) is 23.0 Å². The minimum Gasteiger partial charge on any atom is -0.493 e. The van der Waals surface area contributed by atoms with E-state index >= 15 is 0 Å². The first-order valence-electron chi connectivity index (χ1n) is 13.9. The fourth-order valence-corrected chi connectivity index (χ4v) is 5.79. The number of aromatic nitrogens is 1. The summed E-state index contributed by atoms with van der Waals surface area (Å²) < 4.78 is 43.4. The zero-order valence-corrected chi connectivity index (χ0v) is 25.5. The van der Waals surface area contributed by atoms with Gasteiger partial charge in [0.2, 0.25) is 0 Å². The van der Waals surface area contributed by atoms with Crippen molar-refractivity contribution in [2.45, 2.75) is 26.5 Å². The quantitative estimate of drug-likeness (QED) is 0.228. The summed E-state index contributed by atoms with van der Waals surface area (Å²) >= 11 is 1.20. The lowest BCUT2D eigenvalue weighted by Gasteiger charge is -2.23. The molecule has 0 saturated heterocycles. The molecule has 3 aromatic carbocycles. The molecule has 1 aliphatic rings. The molecule has 0 unspecified atom stereocenters. The maximum absolute atomic E-state index is 13.9. The van der Waals surface area contributed by atoms with Crippen LogP contribution in [0.3, 0.4) is 0 Å². The summed E-state index contributed by atoms with van der Waals surface area (Å²) in [5.41, 5.74) is 1.88. The largest absolute Gasteiger partial charge is 0.493 e. The number of carbonyl (C=O) groups excluding carboxylic acids is 1.